The molecule has 1 aromatic rings. The molecule has 0 radical (unpaired) electrons. The Kier molecular flexibility index (Phi) is 3.73. The van der Waals surface area contributed by atoms with E-state index in [0.29, 0.717) is 18.9 Å². The molecule has 1 N–H and O–H groups in total. The number of hydrogen-bond donors (Lipinski definition) is 1. The Bertz CT molecular complexity index is 596. The molecular weight excluding hydrogens is 294 g/mol. The van der Waals surface area contributed by atoms with Crippen molar-refractivity contribution in [3.63, 3.8) is 0 Å². The van der Waals surface area contributed by atoms with Crippen molar-refractivity contribution >= 4 is 25.8 Å². The highest BCUT2D eigenvalue weighted by molar-refractivity contribution is 8.13. The number of hydrogen-bond acceptors (Lipinski definition) is 5. The van der Waals surface area contributed by atoms with Gasteiger partial charge >= 0.3 is 6.09 Å². The highest BCUT2D eigenvalue weighted by atomic mass is 35.7. The van der Waals surface area contributed by atoms with Crippen LogP contribution >= 0.6 is 10.7 Å². The molecule has 7 nitrogen and oxygen atoms in total. The van der Waals surface area contributed by atoms with Crippen molar-refractivity contribution in [1.29, 1.82) is 0 Å². The van der Waals surface area contributed by atoms with Crippen LogP contribution in [-0.2, 0) is 20.3 Å². The van der Waals surface area contributed by atoms with Gasteiger partial charge in [-0.3, -0.25) is 0 Å². The fourth-order valence-electron chi connectivity index (χ4n) is 1.88. The lowest BCUT2D eigenvalue weighted by Crippen LogP contribution is -2.21. The average molecular weight is 308 g/mol. The minimum absolute atomic E-state index is 0.0252. The quantitative estimate of drug-likeness (QED) is 0.839. The number of nitrogens with zero attached hydrogens (tertiary/aromatic N) is 2. The minimum atomic E-state index is -3.87. The molecule has 0 aromatic carbocycles. The summed E-state index contributed by atoms with van der Waals surface area (Å²) in [6.45, 7) is 4.51. The number of carbonyl (C=O) groups excluding carboxylic acids is 1. The standard InChI is InChI=1S/C10H14ClN3O4S/c1-6(2)9-13-8(19(11,16)17)5-14(9)4-7-3-12-10(15)18-7/h5-7H,3-4H2,1-2H3,(H,12,15). The van der Waals surface area contributed by atoms with Crippen LogP contribution in [-0.4, -0.2) is 36.7 Å². The van der Waals surface area contributed by atoms with Crippen LogP contribution in [0.15, 0.2) is 11.2 Å². The van der Waals surface area contributed by atoms with Crippen LogP contribution in [0.5, 0.6) is 0 Å². The number of nitrogens with one attached hydrogen (secondary N) is 1. The van der Waals surface area contributed by atoms with Crippen molar-refractivity contribution in [2.75, 3.05) is 6.54 Å². The van der Waals surface area contributed by atoms with Crippen LogP contribution in [0.3, 0.4) is 0 Å². The van der Waals surface area contributed by atoms with Gasteiger partial charge in [0.05, 0.1) is 13.1 Å². The zero-order valence-electron chi connectivity index (χ0n) is 10.5. The van der Waals surface area contributed by atoms with E-state index in [-0.39, 0.29) is 17.0 Å². The van der Waals surface area contributed by atoms with Gasteiger partial charge in [0.1, 0.15) is 11.9 Å². The Morgan fingerprint density at radius 3 is 2.79 bits per heavy atom. The van der Waals surface area contributed by atoms with E-state index in [9.17, 15) is 13.2 Å². The summed E-state index contributed by atoms with van der Waals surface area (Å²) in [5.41, 5.74) is 0. The van der Waals surface area contributed by atoms with Gasteiger partial charge < -0.3 is 14.6 Å². The number of carbonyl (C=O) groups is 1. The predicted octanol–water partition coefficient (Wildman–Crippen LogP) is 1.04. The van der Waals surface area contributed by atoms with Gasteiger partial charge in [-0.15, -0.1) is 0 Å². The molecule has 0 saturated carbocycles. The largest absolute Gasteiger partial charge is 0.442 e. The van der Waals surface area contributed by atoms with Crippen LogP contribution in [0.25, 0.3) is 0 Å². The Morgan fingerprint density at radius 2 is 2.32 bits per heavy atom. The Balaban J connectivity index is 2.28. The van der Waals surface area contributed by atoms with Gasteiger partial charge in [0.2, 0.25) is 0 Å². The van der Waals surface area contributed by atoms with Crippen molar-refractivity contribution in [2.24, 2.45) is 0 Å². The van der Waals surface area contributed by atoms with E-state index in [4.69, 9.17) is 15.4 Å². The third kappa shape index (κ3) is 3.19. The number of aromatic nitrogens is 2. The molecule has 1 amide bonds. The lowest BCUT2D eigenvalue weighted by Gasteiger charge is -2.13. The van der Waals surface area contributed by atoms with Crippen molar-refractivity contribution in [3.05, 3.63) is 12.0 Å². The molecule has 1 unspecified atom stereocenters. The SMILES string of the molecule is CC(C)c1nc(S(=O)(=O)Cl)cn1CC1CNC(=O)O1. The zero-order chi connectivity index (χ0) is 14.2. The summed E-state index contributed by atoms with van der Waals surface area (Å²) in [6.07, 6.45) is 0.551. The molecule has 0 bridgehead atoms. The van der Waals surface area contributed by atoms with Crippen LogP contribution in [0.1, 0.15) is 25.6 Å². The Morgan fingerprint density at radius 1 is 1.63 bits per heavy atom. The molecule has 1 saturated heterocycles. The van der Waals surface area contributed by atoms with Gasteiger partial charge in [0, 0.05) is 22.8 Å². The van der Waals surface area contributed by atoms with Crippen molar-refractivity contribution in [2.45, 2.75) is 37.4 Å². The van der Waals surface area contributed by atoms with E-state index < -0.39 is 15.1 Å². The van der Waals surface area contributed by atoms with Crippen LogP contribution in [0.4, 0.5) is 4.79 Å². The highest BCUT2D eigenvalue weighted by Crippen LogP contribution is 2.21. The molecule has 1 aliphatic rings. The fourth-order valence-corrected chi connectivity index (χ4v) is 2.56. The monoisotopic (exact) mass is 307 g/mol. The second-order valence-corrected chi connectivity index (χ2v) is 7.10. The summed E-state index contributed by atoms with van der Waals surface area (Å²) in [6, 6.07) is 0. The zero-order valence-corrected chi connectivity index (χ0v) is 12.0. The molecule has 9 heteroatoms. The normalized spacial score (nSPS) is 19.6. The number of rotatable bonds is 4. The van der Waals surface area contributed by atoms with E-state index in [0.717, 1.165) is 0 Å². The highest BCUT2D eigenvalue weighted by Gasteiger charge is 2.26. The van der Waals surface area contributed by atoms with Gasteiger partial charge in [-0.25, -0.2) is 18.2 Å². The maximum absolute atomic E-state index is 11.3. The summed E-state index contributed by atoms with van der Waals surface area (Å²) >= 11 is 0. The topological polar surface area (TPSA) is 90.3 Å². The molecule has 0 spiro atoms. The summed E-state index contributed by atoms with van der Waals surface area (Å²) in [7, 11) is 1.42. The van der Waals surface area contributed by atoms with E-state index >= 15 is 0 Å². The first kappa shape index (κ1) is 14.1. The van der Waals surface area contributed by atoms with E-state index in [1.807, 2.05) is 13.8 Å². The first-order chi connectivity index (χ1) is 8.77. The molecule has 0 aliphatic carbocycles. The minimum Gasteiger partial charge on any atom is -0.442 e. The van der Waals surface area contributed by atoms with Gasteiger partial charge in [-0.1, -0.05) is 13.8 Å². The molecule has 1 aromatic heterocycles. The number of cyclic esters (lactones) is 1. The summed E-state index contributed by atoms with van der Waals surface area (Å²) in [5.74, 6) is 0.611. The van der Waals surface area contributed by atoms with Gasteiger partial charge in [-0.05, 0) is 0 Å². The first-order valence-electron chi connectivity index (χ1n) is 5.73. The van der Waals surface area contributed by atoms with Crippen molar-refractivity contribution in [1.82, 2.24) is 14.9 Å². The molecule has 1 aliphatic heterocycles. The smallest absolute Gasteiger partial charge is 0.407 e. The second-order valence-electron chi connectivity index (χ2n) is 4.59. The molecule has 2 rings (SSSR count). The second kappa shape index (κ2) is 5.01. The molecule has 1 fully saturated rings. The van der Waals surface area contributed by atoms with Crippen LogP contribution in [0, 0.1) is 0 Å². The third-order valence-electron chi connectivity index (χ3n) is 2.70. The van der Waals surface area contributed by atoms with Crippen molar-refractivity contribution < 1.29 is 17.9 Å². The van der Waals surface area contributed by atoms with Crippen LogP contribution < -0.4 is 5.32 Å². The molecule has 2 heterocycles. The van der Waals surface area contributed by atoms with Gasteiger partial charge in [0.25, 0.3) is 9.05 Å². The molecule has 106 valence electrons. The number of halogens is 1. The summed E-state index contributed by atoms with van der Waals surface area (Å²) in [4.78, 5) is 15.0. The molecule has 19 heavy (non-hydrogen) atoms. The Labute approximate surface area is 115 Å². The fraction of sp³-hybridized carbons (Fsp3) is 0.600. The molecule has 1 atom stereocenters. The maximum atomic E-state index is 11.3. The first-order valence-corrected chi connectivity index (χ1v) is 8.04. The average Bonchev–Trinajstić information content (AvgIpc) is 2.85. The predicted molar refractivity (Wildman–Crippen MR) is 67.6 cm³/mol. The van der Waals surface area contributed by atoms with Crippen LogP contribution in [0.2, 0.25) is 0 Å². The van der Waals surface area contributed by atoms with Gasteiger partial charge in [-0.2, -0.15) is 0 Å². The number of amides is 1. The molecular formula is C10H14ClN3O4S. The number of alkyl carbamates (subject to hydrolysis) is 1. The van der Waals surface area contributed by atoms with E-state index in [2.05, 4.69) is 10.3 Å². The summed E-state index contributed by atoms with van der Waals surface area (Å²) in [5, 5.41) is 2.35. The van der Waals surface area contributed by atoms with E-state index in [1.54, 1.807) is 4.57 Å². The Hall–Kier alpha value is -1.28. The number of imidazole rings is 1. The number of ether oxygens (including phenoxy) is 1. The lowest BCUT2D eigenvalue weighted by atomic mass is 10.2. The third-order valence-corrected chi connectivity index (χ3v) is 3.87. The summed E-state index contributed by atoms with van der Waals surface area (Å²) < 4.78 is 29.3. The van der Waals surface area contributed by atoms with Gasteiger partial charge in [0.15, 0.2) is 5.03 Å². The lowest BCUT2D eigenvalue weighted by molar-refractivity contribution is 0.130. The maximum Gasteiger partial charge on any atom is 0.407 e. The van der Waals surface area contributed by atoms with Crippen molar-refractivity contribution in [3.8, 4) is 0 Å². The van der Waals surface area contributed by atoms with E-state index in [1.165, 1.54) is 6.20 Å².